The Hall–Kier alpha value is -2.66. The van der Waals surface area contributed by atoms with E-state index in [0.717, 1.165) is 5.56 Å². The number of hydrogen-bond donors (Lipinski definition) is 2. The molecule has 0 aliphatic carbocycles. The number of Topliss-reactive ketones (excluding diaryl/α,β-unsaturated/α-hetero) is 1. The van der Waals surface area contributed by atoms with E-state index in [0.29, 0.717) is 16.3 Å². The number of rotatable bonds is 6. The highest BCUT2D eigenvalue weighted by atomic mass is 35.5. The minimum absolute atomic E-state index is 0.0610. The molecule has 0 aromatic heterocycles. The van der Waals surface area contributed by atoms with Crippen LogP contribution in [-0.2, 0) is 9.59 Å². The lowest BCUT2D eigenvalue weighted by molar-refractivity contribution is -0.120. The van der Waals surface area contributed by atoms with E-state index in [1.54, 1.807) is 48.5 Å². The van der Waals surface area contributed by atoms with Gasteiger partial charge in [-0.25, -0.2) is 0 Å². The Morgan fingerprint density at radius 3 is 2.32 bits per heavy atom. The lowest BCUT2D eigenvalue weighted by Crippen LogP contribution is -2.29. The highest BCUT2D eigenvalue weighted by Gasteiger charge is 2.17. The second-order valence-corrected chi connectivity index (χ2v) is 6.13. The van der Waals surface area contributed by atoms with Crippen LogP contribution in [0.2, 0.25) is 5.02 Å². The lowest BCUT2D eigenvalue weighted by atomic mass is 10.0. The van der Waals surface area contributed by atoms with Gasteiger partial charge in [-0.15, -0.1) is 0 Å². The van der Waals surface area contributed by atoms with Gasteiger partial charge in [0.05, 0.1) is 12.5 Å². The van der Waals surface area contributed by atoms with Crippen LogP contribution in [0.5, 0.6) is 0 Å². The van der Waals surface area contributed by atoms with Gasteiger partial charge in [0.2, 0.25) is 11.8 Å². The molecule has 6 heteroatoms. The van der Waals surface area contributed by atoms with Crippen LogP contribution in [0.3, 0.4) is 0 Å². The third kappa shape index (κ3) is 5.72. The first-order valence-electron chi connectivity index (χ1n) is 7.78. The van der Waals surface area contributed by atoms with Gasteiger partial charge in [-0.1, -0.05) is 35.9 Å². The Bertz CT molecular complexity index is 788. The Morgan fingerprint density at radius 1 is 1.04 bits per heavy atom. The van der Waals surface area contributed by atoms with Crippen LogP contribution in [0, 0.1) is 0 Å². The van der Waals surface area contributed by atoms with Crippen molar-refractivity contribution < 1.29 is 14.4 Å². The van der Waals surface area contributed by atoms with Gasteiger partial charge in [0.15, 0.2) is 5.78 Å². The number of anilines is 1. The van der Waals surface area contributed by atoms with Crippen LogP contribution in [0.25, 0.3) is 0 Å². The Labute approximate surface area is 151 Å². The first-order valence-corrected chi connectivity index (χ1v) is 8.16. The molecule has 0 aliphatic heterocycles. The van der Waals surface area contributed by atoms with Gasteiger partial charge in [0, 0.05) is 23.2 Å². The van der Waals surface area contributed by atoms with Crippen molar-refractivity contribution in [2.75, 3.05) is 5.32 Å². The average Bonchev–Trinajstić information content (AvgIpc) is 2.54. The quantitative estimate of drug-likeness (QED) is 0.772. The molecule has 0 aliphatic rings. The highest BCUT2D eigenvalue weighted by Crippen LogP contribution is 2.21. The number of ketones is 1. The summed E-state index contributed by atoms with van der Waals surface area (Å²) in [4.78, 5) is 35.2. The van der Waals surface area contributed by atoms with E-state index < -0.39 is 6.04 Å². The second kappa shape index (κ2) is 8.44. The molecule has 0 bridgehead atoms. The number of halogens is 1. The third-order valence-corrected chi connectivity index (χ3v) is 3.84. The van der Waals surface area contributed by atoms with E-state index in [-0.39, 0.29) is 24.0 Å². The zero-order chi connectivity index (χ0) is 18.4. The van der Waals surface area contributed by atoms with Gasteiger partial charge >= 0.3 is 0 Å². The normalized spacial score (nSPS) is 11.5. The number of carbonyl (C=O) groups is 3. The molecule has 0 heterocycles. The van der Waals surface area contributed by atoms with E-state index in [4.69, 9.17) is 11.6 Å². The summed E-state index contributed by atoms with van der Waals surface area (Å²) in [6.45, 7) is 2.87. The summed E-state index contributed by atoms with van der Waals surface area (Å²) in [7, 11) is 0. The SMILES string of the molecule is CC(=O)NC(CC(=O)Nc1cccc(C(C)=O)c1)c1ccc(Cl)cc1. The van der Waals surface area contributed by atoms with Gasteiger partial charge in [0.25, 0.3) is 0 Å². The largest absolute Gasteiger partial charge is 0.349 e. The minimum Gasteiger partial charge on any atom is -0.349 e. The summed E-state index contributed by atoms with van der Waals surface area (Å²) in [5, 5.41) is 6.10. The zero-order valence-corrected chi connectivity index (χ0v) is 14.8. The predicted molar refractivity (Wildman–Crippen MR) is 97.7 cm³/mol. The summed E-state index contributed by atoms with van der Waals surface area (Å²) in [6.07, 6.45) is 0.0610. The average molecular weight is 359 g/mol. The van der Waals surface area contributed by atoms with Crippen LogP contribution in [-0.4, -0.2) is 17.6 Å². The molecular weight excluding hydrogens is 340 g/mol. The van der Waals surface area contributed by atoms with E-state index in [2.05, 4.69) is 10.6 Å². The topological polar surface area (TPSA) is 75.3 Å². The standard InChI is InChI=1S/C19H19ClN2O3/c1-12(23)15-4-3-5-17(10-15)22-19(25)11-18(21-13(2)24)14-6-8-16(20)9-7-14/h3-10,18H,11H2,1-2H3,(H,21,24)(H,22,25). The van der Waals surface area contributed by atoms with Crippen LogP contribution in [0.1, 0.15) is 42.2 Å². The van der Waals surface area contributed by atoms with Crippen molar-refractivity contribution in [3.63, 3.8) is 0 Å². The highest BCUT2D eigenvalue weighted by molar-refractivity contribution is 6.30. The van der Waals surface area contributed by atoms with E-state index in [9.17, 15) is 14.4 Å². The molecule has 5 nitrogen and oxygen atoms in total. The smallest absolute Gasteiger partial charge is 0.226 e. The molecule has 0 fully saturated rings. The van der Waals surface area contributed by atoms with Gasteiger partial charge < -0.3 is 10.6 Å². The Morgan fingerprint density at radius 2 is 1.72 bits per heavy atom. The maximum Gasteiger partial charge on any atom is 0.226 e. The monoisotopic (exact) mass is 358 g/mol. The number of hydrogen-bond acceptors (Lipinski definition) is 3. The van der Waals surface area contributed by atoms with E-state index in [1.807, 2.05) is 0 Å². The van der Waals surface area contributed by atoms with Crippen LogP contribution >= 0.6 is 11.6 Å². The summed E-state index contributed by atoms with van der Waals surface area (Å²) in [5.41, 5.74) is 1.84. The predicted octanol–water partition coefficient (Wildman–Crippen LogP) is 3.75. The summed E-state index contributed by atoms with van der Waals surface area (Å²) in [6, 6.07) is 13.2. The van der Waals surface area contributed by atoms with E-state index >= 15 is 0 Å². The molecule has 2 aromatic rings. The maximum atomic E-state index is 12.4. The van der Waals surface area contributed by atoms with Gasteiger partial charge in [-0.3, -0.25) is 14.4 Å². The molecule has 2 N–H and O–H groups in total. The molecule has 2 amide bonds. The molecule has 1 unspecified atom stereocenters. The molecular formula is C19H19ClN2O3. The van der Waals surface area contributed by atoms with Crippen molar-refractivity contribution >= 4 is 34.9 Å². The molecule has 0 radical (unpaired) electrons. The molecule has 0 saturated carbocycles. The van der Waals surface area contributed by atoms with Crippen LogP contribution in [0.15, 0.2) is 48.5 Å². The fourth-order valence-electron chi connectivity index (χ4n) is 2.41. The van der Waals surface area contributed by atoms with Crippen molar-refractivity contribution in [3.8, 4) is 0 Å². The second-order valence-electron chi connectivity index (χ2n) is 5.69. The molecule has 130 valence electrons. The first kappa shape index (κ1) is 18.7. The Kier molecular flexibility index (Phi) is 6.31. The van der Waals surface area contributed by atoms with Gasteiger partial charge in [0.1, 0.15) is 0 Å². The minimum atomic E-state index is -0.467. The van der Waals surface area contributed by atoms with Crippen molar-refractivity contribution in [3.05, 3.63) is 64.7 Å². The van der Waals surface area contributed by atoms with Crippen molar-refractivity contribution in [1.29, 1.82) is 0 Å². The molecule has 2 rings (SSSR count). The zero-order valence-electron chi connectivity index (χ0n) is 14.0. The first-order chi connectivity index (χ1) is 11.8. The number of benzene rings is 2. The summed E-state index contributed by atoms with van der Waals surface area (Å²) in [5.74, 6) is -0.575. The van der Waals surface area contributed by atoms with Crippen LogP contribution in [0.4, 0.5) is 5.69 Å². The molecule has 1 atom stereocenters. The Balaban J connectivity index is 2.11. The number of amides is 2. The van der Waals surface area contributed by atoms with Crippen molar-refractivity contribution in [2.24, 2.45) is 0 Å². The summed E-state index contributed by atoms with van der Waals surface area (Å²) >= 11 is 5.88. The van der Waals surface area contributed by atoms with Crippen molar-refractivity contribution in [2.45, 2.75) is 26.3 Å². The lowest BCUT2D eigenvalue weighted by Gasteiger charge is -2.18. The fourth-order valence-corrected chi connectivity index (χ4v) is 2.53. The number of nitrogens with one attached hydrogen (secondary N) is 2. The number of carbonyl (C=O) groups excluding carboxylic acids is 3. The van der Waals surface area contributed by atoms with Crippen LogP contribution < -0.4 is 10.6 Å². The molecule has 0 saturated heterocycles. The molecule has 0 spiro atoms. The molecule has 25 heavy (non-hydrogen) atoms. The van der Waals surface area contributed by atoms with Crippen molar-refractivity contribution in [1.82, 2.24) is 5.32 Å². The van der Waals surface area contributed by atoms with E-state index in [1.165, 1.54) is 13.8 Å². The maximum absolute atomic E-state index is 12.4. The summed E-state index contributed by atoms with van der Waals surface area (Å²) < 4.78 is 0. The fraction of sp³-hybridized carbons (Fsp3) is 0.211. The van der Waals surface area contributed by atoms with Gasteiger partial charge in [-0.2, -0.15) is 0 Å². The third-order valence-electron chi connectivity index (χ3n) is 3.59. The van der Waals surface area contributed by atoms with Gasteiger partial charge in [-0.05, 0) is 36.8 Å². The molecule has 2 aromatic carbocycles.